The van der Waals surface area contributed by atoms with Gasteiger partial charge in [-0.1, -0.05) is 6.08 Å². The second-order valence-electron chi connectivity index (χ2n) is 1.55. The third kappa shape index (κ3) is 4.94. The van der Waals surface area contributed by atoms with Gasteiger partial charge in [0.25, 0.3) is 0 Å². The maximum atomic E-state index is 3.97. The van der Waals surface area contributed by atoms with Crippen molar-refractivity contribution in [2.75, 3.05) is 0 Å². The first kappa shape index (κ1) is 8.08. The second-order valence-corrected chi connectivity index (χ2v) is 1.55. The molecule has 0 aliphatic carbocycles. The van der Waals surface area contributed by atoms with Crippen molar-refractivity contribution < 1.29 is 0 Å². The fraction of sp³-hybridized carbons (Fsp3) is 0.429. The molecule has 2 heteroatoms. The quantitative estimate of drug-likeness (QED) is 0.377. The first-order valence-corrected chi connectivity index (χ1v) is 2.95. The molecule has 9 heavy (non-hydrogen) atoms. The second kappa shape index (κ2) is 5.22. The largest absolute Gasteiger partial charge is 0.246 e. The predicted molar refractivity (Wildman–Crippen MR) is 42.1 cm³/mol. The zero-order chi connectivity index (χ0) is 7.11. The SMILES string of the molecule is CC=NC(C)=N/C=C/C. The van der Waals surface area contributed by atoms with Crippen molar-refractivity contribution in [1.29, 1.82) is 0 Å². The van der Waals surface area contributed by atoms with Crippen LogP contribution in [0.1, 0.15) is 20.8 Å². The van der Waals surface area contributed by atoms with Crippen LogP contribution < -0.4 is 0 Å². The number of rotatable bonds is 1. The summed E-state index contributed by atoms with van der Waals surface area (Å²) in [4.78, 5) is 7.91. The van der Waals surface area contributed by atoms with Crippen molar-refractivity contribution in [2.45, 2.75) is 20.8 Å². The van der Waals surface area contributed by atoms with Gasteiger partial charge in [-0.05, 0) is 20.8 Å². The summed E-state index contributed by atoms with van der Waals surface area (Å²) in [5, 5.41) is 0. The van der Waals surface area contributed by atoms with E-state index in [1.807, 2.05) is 26.8 Å². The van der Waals surface area contributed by atoms with Gasteiger partial charge in [-0.15, -0.1) is 0 Å². The molecule has 0 N–H and O–H groups in total. The Bertz CT molecular complexity index is 143. The summed E-state index contributed by atoms with van der Waals surface area (Å²) in [6.07, 6.45) is 5.32. The van der Waals surface area contributed by atoms with Crippen molar-refractivity contribution >= 4 is 12.1 Å². The molecule has 0 saturated heterocycles. The Labute approximate surface area is 56.0 Å². The van der Waals surface area contributed by atoms with Gasteiger partial charge in [0.2, 0.25) is 0 Å². The summed E-state index contributed by atoms with van der Waals surface area (Å²) >= 11 is 0. The smallest absolute Gasteiger partial charge is 0.124 e. The lowest BCUT2D eigenvalue weighted by molar-refractivity contribution is 1.45. The molecule has 0 heterocycles. The third-order valence-corrected chi connectivity index (χ3v) is 0.726. The average molecular weight is 124 g/mol. The Balaban J connectivity index is 3.84. The molecule has 0 spiro atoms. The van der Waals surface area contributed by atoms with Crippen LogP contribution in [0.4, 0.5) is 0 Å². The van der Waals surface area contributed by atoms with Crippen LogP contribution >= 0.6 is 0 Å². The Morgan fingerprint density at radius 3 is 2.44 bits per heavy atom. The molecule has 2 nitrogen and oxygen atoms in total. The maximum absolute atomic E-state index is 3.97. The van der Waals surface area contributed by atoms with Crippen molar-refractivity contribution in [1.82, 2.24) is 0 Å². The normalized spacial score (nSPS) is 13.9. The molecule has 0 radical (unpaired) electrons. The van der Waals surface area contributed by atoms with E-state index in [9.17, 15) is 0 Å². The van der Waals surface area contributed by atoms with E-state index in [0.29, 0.717) is 0 Å². The molecule has 0 fully saturated rings. The predicted octanol–water partition coefficient (Wildman–Crippen LogP) is 2.03. The molecule has 0 amide bonds. The van der Waals surface area contributed by atoms with Crippen molar-refractivity contribution in [3.63, 3.8) is 0 Å². The van der Waals surface area contributed by atoms with Gasteiger partial charge in [0.1, 0.15) is 5.84 Å². The fourth-order valence-electron chi connectivity index (χ4n) is 0.403. The molecule has 0 unspecified atom stereocenters. The molecule has 0 saturated carbocycles. The minimum absolute atomic E-state index is 0.788. The van der Waals surface area contributed by atoms with Crippen LogP contribution in [0.5, 0.6) is 0 Å². The molecule has 50 valence electrons. The summed E-state index contributed by atoms with van der Waals surface area (Å²) in [5.41, 5.74) is 0. The molecule has 0 aromatic carbocycles. The summed E-state index contributed by atoms with van der Waals surface area (Å²) in [6, 6.07) is 0. The molecule has 0 atom stereocenters. The van der Waals surface area contributed by atoms with Gasteiger partial charge in [0.05, 0.1) is 0 Å². The lowest BCUT2D eigenvalue weighted by Crippen LogP contribution is -1.81. The van der Waals surface area contributed by atoms with E-state index in [1.165, 1.54) is 0 Å². The highest BCUT2D eigenvalue weighted by Gasteiger charge is 1.75. The molecule has 0 aliphatic rings. The highest BCUT2D eigenvalue weighted by Crippen LogP contribution is 1.80. The summed E-state index contributed by atoms with van der Waals surface area (Å²) in [5.74, 6) is 0.788. The number of nitrogens with zero attached hydrogens (tertiary/aromatic N) is 2. The van der Waals surface area contributed by atoms with E-state index in [4.69, 9.17) is 0 Å². The first-order chi connectivity index (χ1) is 4.31. The van der Waals surface area contributed by atoms with Crippen LogP contribution in [0.2, 0.25) is 0 Å². The van der Waals surface area contributed by atoms with Crippen LogP contribution in [-0.2, 0) is 0 Å². The molecule has 0 aromatic rings. The van der Waals surface area contributed by atoms with Gasteiger partial charge >= 0.3 is 0 Å². The number of allylic oxidation sites excluding steroid dienone is 1. The van der Waals surface area contributed by atoms with Crippen LogP contribution in [-0.4, -0.2) is 12.1 Å². The number of hydrogen-bond donors (Lipinski definition) is 0. The van der Waals surface area contributed by atoms with Gasteiger partial charge in [0.15, 0.2) is 0 Å². The number of amidine groups is 1. The summed E-state index contributed by atoms with van der Waals surface area (Å²) < 4.78 is 0. The zero-order valence-corrected chi connectivity index (χ0v) is 6.13. The van der Waals surface area contributed by atoms with Crippen LogP contribution in [0.15, 0.2) is 22.3 Å². The minimum atomic E-state index is 0.788. The van der Waals surface area contributed by atoms with Gasteiger partial charge in [-0.2, -0.15) is 0 Å². The van der Waals surface area contributed by atoms with E-state index in [1.54, 1.807) is 12.4 Å². The van der Waals surface area contributed by atoms with Crippen LogP contribution in [0.25, 0.3) is 0 Å². The number of aliphatic imine (C=N–C) groups is 2. The van der Waals surface area contributed by atoms with Gasteiger partial charge in [0, 0.05) is 12.4 Å². The van der Waals surface area contributed by atoms with E-state index in [2.05, 4.69) is 9.98 Å². The highest BCUT2D eigenvalue weighted by atomic mass is 14.9. The van der Waals surface area contributed by atoms with Crippen molar-refractivity contribution in [2.24, 2.45) is 9.98 Å². The summed E-state index contributed by atoms with van der Waals surface area (Å²) in [7, 11) is 0. The van der Waals surface area contributed by atoms with E-state index >= 15 is 0 Å². The summed E-state index contributed by atoms with van der Waals surface area (Å²) in [6.45, 7) is 5.65. The average Bonchev–Trinajstić information content (AvgIpc) is 1.85. The Morgan fingerprint density at radius 2 is 2.00 bits per heavy atom. The van der Waals surface area contributed by atoms with Gasteiger partial charge in [-0.25, -0.2) is 9.98 Å². The monoisotopic (exact) mass is 124 g/mol. The van der Waals surface area contributed by atoms with E-state index < -0.39 is 0 Å². The van der Waals surface area contributed by atoms with Crippen LogP contribution in [0.3, 0.4) is 0 Å². The van der Waals surface area contributed by atoms with Gasteiger partial charge < -0.3 is 0 Å². The lowest BCUT2D eigenvalue weighted by atomic mass is 10.6. The zero-order valence-electron chi connectivity index (χ0n) is 6.13. The topological polar surface area (TPSA) is 24.7 Å². The van der Waals surface area contributed by atoms with Crippen molar-refractivity contribution in [3.8, 4) is 0 Å². The molecular weight excluding hydrogens is 112 g/mol. The lowest BCUT2D eigenvalue weighted by Gasteiger charge is -1.83. The molecule has 0 aromatic heterocycles. The van der Waals surface area contributed by atoms with Crippen molar-refractivity contribution in [3.05, 3.63) is 12.3 Å². The number of hydrogen-bond acceptors (Lipinski definition) is 1. The highest BCUT2D eigenvalue weighted by molar-refractivity contribution is 5.87. The minimum Gasteiger partial charge on any atom is -0.246 e. The fourth-order valence-corrected chi connectivity index (χ4v) is 0.403. The molecule has 0 aliphatic heterocycles. The Morgan fingerprint density at radius 1 is 1.33 bits per heavy atom. The maximum Gasteiger partial charge on any atom is 0.124 e. The van der Waals surface area contributed by atoms with E-state index in [0.717, 1.165) is 5.84 Å². The molecular formula is C7H12N2. The Hall–Kier alpha value is -0.920. The van der Waals surface area contributed by atoms with Crippen LogP contribution in [0, 0.1) is 0 Å². The van der Waals surface area contributed by atoms with Gasteiger partial charge in [-0.3, -0.25) is 0 Å². The molecule has 0 bridgehead atoms. The molecule has 0 rings (SSSR count). The first-order valence-electron chi connectivity index (χ1n) is 2.95. The third-order valence-electron chi connectivity index (χ3n) is 0.726. The standard InChI is InChI=1S/C7H12N2/c1-4-6-9-7(3)8-5-2/h4-6H,1-3H3/b6-4+,8-5?,9-7?. The Kier molecular flexibility index (Phi) is 4.69. The van der Waals surface area contributed by atoms with E-state index in [-0.39, 0.29) is 0 Å².